The summed E-state index contributed by atoms with van der Waals surface area (Å²) in [6.07, 6.45) is 2.40. The molecular weight excluding hydrogens is 189 g/mol. The fourth-order valence-corrected chi connectivity index (χ4v) is 1.77. The number of anilines is 1. The van der Waals surface area contributed by atoms with Crippen molar-refractivity contribution in [1.82, 2.24) is 0 Å². The highest BCUT2D eigenvalue weighted by molar-refractivity contribution is 6.30. The highest BCUT2D eigenvalue weighted by Gasteiger charge is 2.13. The van der Waals surface area contributed by atoms with Crippen LogP contribution in [0.2, 0.25) is 5.02 Å². The molecule has 1 fully saturated rings. The summed E-state index contributed by atoms with van der Waals surface area (Å²) in [6, 6.07) is 4.99. The topological polar surface area (TPSA) is 3.24 Å². The van der Waals surface area contributed by atoms with E-state index in [4.69, 9.17) is 11.6 Å². The number of halogens is 2. The van der Waals surface area contributed by atoms with Crippen LogP contribution in [-0.2, 0) is 0 Å². The van der Waals surface area contributed by atoms with Crippen LogP contribution >= 0.6 is 11.6 Å². The highest BCUT2D eigenvalue weighted by Crippen LogP contribution is 2.24. The molecule has 1 aromatic carbocycles. The van der Waals surface area contributed by atoms with Crippen molar-refractivity contribution in [3.63, 3.8) is 0 Å². The SMILES string of the molecule is Fc1cc(N2CCCC2)ccc1Cl. The molecule has 0 unspecified atom stereocenters. The van der Waals surface area contributed by atoms with E-state index in [1.54, 1.807) is 6.07 Å². The highest BCUT2D eigenvalue weighted by atomic mass is 35.5. The molecule has 0 radical (unpaired) electrons. The third-order valence-corrected chi connectivity index (χ3v) is 2.68. The van der Waals surface area contributed by atoms with Gasteiger partial charge in [0.15, 0.2) is 0 Å². The van der Waals surface area contributed by atoms with E-state index in [9.17, 15) is 4.39 Å². The first-order valence-corrected chi connectivity index (χ1v) is 4.85. The number of hydrogen-bond acceptors (Lipinski definition) is 1. The average molecular weight is 200 g/mol. The molecule has 1 aliphatic rings. The summed E-state index contributed by atoms with van der Waals surface area (Å²) in [4.78, 5) is 2.18. The molecule has 1 nitrogen and oxygen atoms in total. The summed E-state index contributed by atoms with van der Waals surface area (Å²) in [6.45, 7) is 2.06. The van der Waals surface area contributed by atoms with E-state index >= 15 is 0 Å². The Morgan fingerprint density at radius 3 is 2.54 bits per heavy atom. The molecule has 0 bridgehead atoms. The lowest BCUT2D eigenvalue weighted by atomic mass is 10.3. The van der Waals surface area contributed by atoms with Crippen LogP contribution in [0.5, 0.6) is 0 Å². The van der Waals surface area contributed by atoms with Crippen molar-refractivity contribution >= 4 is 17.3 Å². The van der Waals surface area contributed by atoms with E-state index in [0.717, 1.165) is 18.8 Å². The van der Waals surface area contributed by atoms with E-state index < -0.39 is 0 Å². The zero-order chi connectivity index (χ0) is 9.26. The predicted molar refractivity (Wildman–Crippen MR) is 52.9 cm³/mol. The molecule has 1 heterocycles. The Morgan fingerprint density at radius 1 is 1.23 bits per heavy atom. The Balaban J connectivity index is 2.25. The molecule has 0 spiro atoms. The molecule has 0 amide bonds. The lowest BCUT2D eigenvalue weighted by Crippen LogP contribution is -2.17. The van der Waals surface area contributed by atoms with Gasteiger partial charge < -0.3 is 4.90 Å². The monoisotopic (exact) mass is 199 g/mol. The minimum Gasteiger partial charge on any atom is -0.371 e. The third kappa shape index (κ3) is 1.78. The van der Waals surface area contributed by atoms with Crippen molar-refractivity contribution in [3.05, 3.63) is 29.0 Å². The molecule has 1 saturated heterocycles. The molecule has 0 saturated carbocycles. The Labute approximate surface area is 82.1 Å². The van der Waals surface area contributed by atoms with Crippen LogP contribution < -0.4 is 4.90 Å². The van der Waals surface area contributed by atoms with Crippen LogP contribution in [0.25, 0.3) is 0 Å². The molecule has 1 aromatic rings. The van der Waals surface area contributed by atoms with E-state index in [0.29, 0.717) is 0 Å². The maximum absolute atomic E-state index is 13.1. The molecule has 0 aliphatic carbocycles. The maximum atomic E-state index is 13.1. The van der Waals surface area contributed by atoms with Gasteiger partial charge in [-0.1, -0.05) is 11.6 Å². The van der Waals surface area contributed by atoms with E-state index in [-0.39, 0.29) is 10.8 Å². The van der Waals surface area contributed by atoms with Crippen LogP contribution in [0, 0.1) is 5.82 Å². The molecule has 70 valence electrons. The van der Waals surface area contributed by atoms with E-state index in [2.05, 4.69) is 4.90 Å². The van der Waals surface area contributed by atoms with Crippen molar-refractivity contribution in [2.75, 3.05) is 18.0 Å². The van der Waals surface area contributed by atoms with Crippen LogP contribution in [-0.4, -0.2) is 13.1 Å². The first-order valence-electron chi connectivity index (χ1n) is 4.47. The summed E-state index contributed by atoms with van der Waals surface area (Å²) in [5, 5.41) is 0.197. The van der Waals surface area contributed by atoms with Gasteiger partial charge in [-0.25, -0.2) is 4.39 Å². The van der Waals surface area contributed by atoms with Gasteiger partial charge in [-0.3, -0.25) is 0 Å². The summed E-state index contributed by atoms with van der Waals surface area (Å²) < 4.78 is 13.1. The fraction of sp³-hybridized carbons (Fsp3) is 0.400. The summed E-state index contributed by atoms with van der Waals surface area (Å²) in [7, 11) is 0. The Morgan fingerprint density at radius 2 is 1.92 bits per heavy atom. The smallest absolute Gasteiger partial charge is 0.143 e. The van der Waals surface area contributed by atoms with Gasteiger partial charge in [-0.2, -0.15) is 0 Å². The lowest BCUT2D eigenvalue weighted by molar-refractivity contribution is 0.627. The molecule has 0 N–H and O–H groups in total. The standard InChI is InChI=1S/C10H11ClFN/c11-9-4-3-8(7-10(9)12)13-5-1-2-6-13/h3-4,7H,1-2,5-6H2. The third-order valence-electron chi connectivity index (χ3n) is 2.37. The Hall–Kier alpha value is -0.760. The molecule has 2 rings (SSSR count). The van der Waals surface area contributed by atoms with Gasteiger partial charge >= 0.3 is 0 Å². The van der Waals surface area contributed by atoms with E-state index in [1.807, 2.05) is 6.07 Å². The van der Waals surface area contributed by atoms with Crippen LogP contribution in [0.4, 0.5) is 10.1 Å². The van der Waals surface area contributed by atoms with Crippen molar-refractivity contribution in [2.45, 2.75) is 12.8 Å². The number of hydrogen-bond donors (Lipinski definition) is 0. The van der Waals surface area contributed by atoms with Crippen LogP contribution in [0.3, 0.4) is 0 Å². The predicted octanol–water partition coefficient (Wildman–Crippen LogP) is 3.08. The zero-order valence-electron chi connectivity index (χ0n) is 7.26. The first-order chi connectivity index (χ1) is 6.27. The molecule has 3 heteroatoms. The van der Waals surface area contributed by atoms with Crippen molar-refractivity contribution < 1.29 is 4.39 Å². The normalized spacial score (nSPS) is 16.6. The Bertz CT molecular complexity index is 308. The number of benzene rings is 1. The average Bonchev–Trinajstić information content (AvgIpc) is 2.62. The van der Waals surface area contributed by atoms with Gasteiger partial charge in [0.05, 0.1) is 5.02 Å². The van der Waals surface area contributed by atoms with Gasteiger partial charge in [0.25, 0.3) is 0 Å². The first kappa shape index (κ1) is 8.82. The van der Waals surface area contributed by atoms with Crippen LogP contribution in [0.1, 0.15) is 12.8 Å². The lowest BCUT2D eigenvalue weighted by Gasteiger charge is -2.17. The van der Waals surface area contributed by atoms with Gasteiger partial charge in [-0.15, -0.1) is 0 Å². The van der Waals surface area contributed by atoms with Crippen LogP contribution in [0.15, 0.2) is 18.2 Å². The van der Waals surface area contributed by atoms with Crippen molar-refractivity contribution in [3.8, 4) is 0 Å². The van der Waals surface area contributed by atoms with Crippen molar-refractivity contribution in [1.29, 1.82) is 0 Å². The summed E-state index contributed by atoms with van der Waals surface area (Å²) in [5.41, 5.74) is 0.944. The quantitative estimate of drug-likeness (QED) is 0.672. The van der Waals surface area contributed by atoms with Gasteiger partial charge in [0, 0.05) is 18.8 Å². The molecule has 0 atom stereocenters. The zero-order valence-corrected chi connectivity index (χ0v) is 8.02. The molecule has 1 aliphatic heterocycles. The van der Waals surface area contributed by atoms with Gasteiger partial charge in [-0.05, 0) is 31.0 Å². The molecule has 0 aromatic heterocycles. The minimum absolute atomic E-state index is 0.197. The number of rotatable bonds is 1. The van der Waals surface area contributed by atoms with Gasteiger partial charge in [0.2, 0.25) is 0 Å². The van der Waals surface area contributed by atoms with Crippen molar-refractivity contribution in [2.24, 2.45) is 0 Å². The Kier molecular flexibility index (Phi) is 2.40. The molecular formula is C10H11ClFN. The fourth-order valence-electron chi connectivity index (χ4n) is 1.66. The maximum Gasteiger partial charge on any atom is 0.143 e. The molecule has 13 heavy (non-hydrogen) atoms. The second-order valence-corrected chi connectivity index (χ2v) is 3.70. The number of nitrogens with zero attached hydrogens (tertiary/aromatic N) is 1. The van der Waals surface area contributed by atoms with Gasteiger partial charge in [0.1, 0.15) is 5.82 Å². The second-order valence-electron chi connectivity index (χ2n) is 3.29. The second kappa shape index (κ2) is 3.54. The van der Waals surface area contributed by atoms with E-state index in [1.165, 1.54) is 18.9 Å². The minimum atomic E-state index is -0.328. The largest absolute Gasteiger partial charge is 0.371 e. The summed E-state index contributed by atoms with van der Waals surface area (Å²) >= 11 is 5.59. The summed E-state index contributed by atoms with van der Waals surface area (Å²) in [5.74, 6) is -0.328.